The van der Waals surface area contributed by atoms with Gasteiger partial charge in [0.25, 0.3) is 0 Å². The summed E-state index contributed by atoms with van der Waals surface area (Å²) >= 11 is 1.48. The molecule has 0 radical (unpaired) electrons. The Morgan fingerprint density at radius 2 is 1.71 bits per heavy atom. The Kier molecular flexibility index (Phi) is 5.59. The average molecular weight is 437 g/mol. The largest absolute Gasteiger partial charge is 0.497 e. The number of anilines is 2. The number of carboxylic acids is 1. The van der Waals surface area contributed by atoms with Crippen molar-refractivity contribution in [2.75, 3.05) is 26.6 Å². The van der Waals surface area contributed by atoms with Crippen LogP contribution in [0, 0.1) is 0 Å². The molecule has 8 nitrogen and oxygen atoms in total. The Bertz CT molecular complexity index is 1250. The number of hydrogen-bond acceptors (Lipinski definition) is 8. The van der Waals surface area contributed by atoms with E-state index in [0.29, 0.717) is 23.0 Å². The monoisotopic (exact) mass is 437 g/mol. The third kappa shape index (κ3) is 3.82. The average Bonchev–Trinajstić information content (AvgIpc) is 3.24. The van der Waals surface area contributed by atoms with E-state index in [9.17, 15) is 9.90 Å². The van der Waals surface area contributed by atoms with E-state index in [1.54, 1.807) is 13.2 Å². The van der Waals surface area contributed by atoms with Gasteiger partial charge >= 0.3 is 5.97 Å². The fourth-order valence-corrected chi connectivity index (χ4v) is 4.16. The van der Waals surface area contributed by atoms with Crippen molar-refractivity contribution in [3.63, 3.8) is 0 Å². The first-order valence-corrected chi connectivity index (χ1v) is 10.1. The van der Waals surface area contributed by atoms with Crippen LogP contribution in [0.1, 0.15) is 10.4 Å². The lowest BCUT2D eigenvalue weighted by atomic mass is 10.1. The predicted octanol–water partition coefficient (Wildman–Crippen LogP) is 4.83. The molecule has 2 heterocycles. The quantitative estimate of drug-likeness (QED) is 0.424. The van der Waals surface area contributed by atoms with Crippen LogP contribution in [0.25, 0.3) is 21.3 Å². The van der Waals surface area contributed by atoms with Gasteiger partial charge in [-0.3, -0.25) is 0 Å². The van der Waals surface area contributed by atoms with Crippen molar-refractivity contribution in [1.29, 1.82) is 0 Å². The van der Waals surface area contributed by atoms with Crippen LogP contribution < -0.4 is 19.5 Å². The Balaban J connectivity index is 1.84. The molecular weight excluding hydrogens is 418 g/mol. The third-order valence-electron chi connectivity index (χ3n) is 4.78. The molecule has 0 aliphatic heterocycles. The minimum atomic E-state index is -1.10. The molecule has 2 N–H and O–H groups in total. The van der Waals surface area contributed by atoms with Crippen LogP contribution in [-0.4, -0.2) is 42.4 Å². The number of fused-ring (bicyclic) bond motifs is 1. The number of carbonyl (C=O) groups is 1. The highest BCUT2D eigenvalue weighted by molar-refractivity contribution is 7.17. The van der Waals surface area contributed by atoms with Gasteiger partial charge in [-0.05, 0) is 17.7 Å². The lowest BCUT2D eigenvalue weighted by Gasteiger charge is -2.15. The topological polar surface area (TPSA) is 103 Å². The van der Waals surface area contributed by atoms with E-state index in [0.717, 1.165) is 27.1 Å². The molecule has 31 heavy (non-hydrogen) atoms. The Hall–Kier alpha value is -3.85. The fourth-order valence-electron chi connectivity index (χ4n) is 3.24. The molecule has 0 saturated carbocycles. The summed E-state index contributed by atoms with van der Waals surface area (Å²) in [5.41, 5.74) is 2.27. The summed E-state index contributed by atoms with van der Waals surface area (Å²) in [5, 5.41) is 15.7. The maximum Gasteiger partial charge on any atom is 0.337 e. The molecule has 0 amide bonds. The van der Waals surface area contributed by atoms with Crippen LogP contribution in [0.5, 0.6) is 17.2 Å². The zero-order valence-electron chi connectivity index (χ0n) is 17.0. The van der Waals surface area contributed by atoms with E-state index in [-0.39, 0.29) is 5.56 Å². The minimum absolute atomic E-state index is 0.0330. The first-order valence-electron chi connectivity index (χ1n) is 9.18. The van der Waals surface area contributed by atoms with Crippen LogP contribution in [0.3, 0.4) is 0 Å². The second-order valence-electron chi connectivity index (χ2n) is 6.46. The molecule has 9 heteroatoms. The van der Waals surface area contributed by atoms with Gasteiger partial charge in [0, 0.05) is 23.1 Å². The van der Waals surface area contributed by atoms with E-state index < -0.39 is 5.97 Å². The number of rotatable bonds is 7. The Morgan fingerprint density at radius 1 is 1.00 bits per heavy atom. The summed E-state index contributed by atoms with van der Waals surface area (Å²) in [7, 11) is 4.57. The van der Waals surface area contributed by atoms with Gasteiger partial charge in [-0.1, -0.05) is 12.1 Å². The summed E-state index contributed by atoms with van der Waals surface area (Å²) in [6, 6.07) is 10.7. The van der Waals surface area contributed by atoms with Gasteiger partial charge in [-0.2, -0.15) is 0 Å². The van der Waals surface area contributed by atoms with Crippen molar-refractivity contribution in [2.24, 2.45) is 0 Å². The molecule has 0 atom stereocenters. The number of carboxylic acid groups (broad SMARTS) is 1. The van der Waals surface area contributed by atoms with Gasteiger partial charge < -0.3 is 24.6 Å². The molecule has 0 fully saturated rings. The van der Waals surface area contributed by atoms with Gasteiger partial charge in [0.15, 0.2) is 11.5 Å². The second-order valence-corrected chi connectivity index (χ2v) is 7.32. The smallest absolute Gasteiger partial charge is 0.337 e. The second kappa shape index (κ2) is 8.49. The van der Waals surface area contributed by atoms with Gasteiger partial charge in [-0.25, -0.2) is 14.8 Å². The van der Waals surface area contributed by atoms with Crippen LogP contribution in [0.4, 0.5) is 11.5 Å². The van der Waals surface area contributed by atoms with Crippen LogP contribution in [-0.2, 0) is 0 Å². The molecular formula is C22H19N3O5S. The zero-order chi connectivity index (χ0) is 22.0. The molecule has 4 rings (SSSR count). The standard InChI is InChI=1S/C22H19N3O5S/c1-28-13-6-4-12(5-7-13)15-10-31-21-19(15)20(23-11-24-21)25-16-9-18(30-3)17(29-2)8-14(16)22(26)27/h4-11H,1-3H3,(H,26,27)(H,23,24,25). The van der Waals surface area contributed by atoms with E-state index in [2.05, 4.69) is 15.3 Å². The van der Waals surface area contributed by atoms with Crippen molar-refractivity contribution in [2.45, 2.75) is 0 Å². The molecule has 2 aromatic carbocycles. The van der Waals surface area contributed by atoms with E-state index in [1.807, 2.05) is 29.6 Å². The molecule has 0 aliphatic carbocycles. The van der Waals surface area contributed by atoms with Crippen LogP contribution in [0.15, 0.2) is 48.1 Å². The number of benzene rings is 2. The number of aromatic carboxylic acids is 1. The molecule has 0 saturated heterocycles. The molecule has 0 spiro atoms. The maximum atomic E-state index is 11.9. The minimum Gasteiger partial charge on any atom is -0.497 e. The number of ether oxygens (including phenoxy) is 3. The molecule has 0 aliphatic rings. The highest BCUT2D eigenvalue weighted by Gasteiger charge is 2.19. The molecule has 2 aromatic heterocycles. The Morgan fingerprint density at radius 3 is 2.35 bits per heavy atom. The van der Waals surface area contributed by atoms with Crippen molar-refractivity contribution >= 4 is 39.0 Å². The summed E-state index contributed by atoms with van der Waals surface area (Å²) in [6.07, 6.45) is 1.44. The number of aromatic nitrogens is 2. The van der Waals surface area contributed by atoms with E-state index >= 15 is 0 Å². The lowest BCUT2D eigenvalue weighted by molar-refractivity contribution is 0.0697. The zero-order valence-corrected chi connectivity index (χ0v) is 17.8. The maximum absolute atomic E-state index is 11.9. The first kappa shape index (κ1) is 20.4. The Labute approximate surface area is 182 Å². The molecule has 158 valence electrons. The van der Waals surface area contributed by atoms with Gasteiger partial charge in [0.2, 0.25) is 0 Å². The van der Waals surface area contributed by atoms with Gasteiger partial charge in [0.05, 0.1) is 38.0 Å². The van der Waals surface area contributed by atoms with Crippen molar-refractivity contribution in [3.05, 3.63) is 53.7 Å². The van der Waals surface area contributed by atoms with E-state index in [4.69, 9.17) is 14.2 Å². The predicted molar refractivity (Wildman–Crippen MR) is 119 cm³/mol. The van der Waals surface area contributed by atoms with Crippen LogP contribution in [0.2, 0.25) is 0 Å². The molecule has 0 unspecified atom stereocenters. The molecule has 4 aromatic rings. The highest BCUT2D eigenvalue weighted by atomic mass is 32.1. The van der Waals surface area contributed by atoms with E-state index in [1.165, 1.54) is 38.0 Å². The summed E-state index contributed by atoms with van der Waals surface area (Å²) in [5.74, 6) is 0.879. The fraction of sp³-hybridized carbons (Fsp3) is 0.136. The van der Waals surface area contributed by atoms with Gasteiger partial charge in [-0.15, -0.1) is 11.3 Å². The summed E-state index contributed by atoms with van der Waals surface area (Å²) < 4.78 is 15.8. The van der Waals surface area contributed by atoms with Gasteiger partial charge in [0.1, 0.15) is 22.7 Å². The SMILES string of the molecule is COc1ccc(-c2csc3ncnc(Nc4cc(OC)c(OC)cc4C(=O)O)c23)cc1. The highest BCUT2D eigenvalue weighted by Crippen LogP contribution is 2.40. The first-order chi connectivity index (χ1) is 15.0. The van der Waals surface area contributed by atoms with Crippen molar-refractivity contribution in [3.8, 4) is 28.4 Å². The number of thiophene rings is 1. The van der Waals surface area contributed by atoms with Crippen molar-refractivity contribution in [1.82, 2.24) is 9.97 Å². The summed E-state index contributed by atoms with van der Waals surface area (Å²) in [6.45, 7) is 0. The number of methoxy groups -OCH3 is 3. The number of nitrogens with zero attached hydrogens (tertiary/aromatic N) is 2. The normalized spacial score (nSPS) is 10.7. The van der Waals surface area contributed by atoms with Crippen LogP contribution >= 0.6 is 11.3 Å². The third-order valence-corrected chi connectivity index (χ3v) is 5.66. The number of nitrogens with one attached hydrogen (secondary N) is 1. The van der Waals surface area contributed by atoms with Crippen molar-refractivity contribution < 1.29 is 24.1 Å². The lowest BCUT2D eigenvalue weighted by Crippen LogP contribution is -2.06. The summed E-state index contributed by atoms with van der Waals surface area (Å²) in [4.78, 5) is 21.4. The molecule has 0 bridgehead atoms. The number of hydrogen-bond donors (Lipinski definition) is 2.